The number of thioether (sulfide) groups is 1. The number of aromatic nitrogens is 2. The Balaban J connectivity index is 1.93. The number of nitrogens with one attached hydrogen (secondary N) is 1. The van der Waals surface area contributed by atoms with E-state index in [1.165, 1.54) is 12.1 Å². The third kappa shape index (κ3) is 7.47. The summed E-state index contributed by atoms with van der Waals surface area (Å²) < 4.78 is 22.9. The topological polar surface area (TPSA) is 111 Å². The van der Waals surface area contributed by atoms with Crippen LogP contribution in [0.3, 0.4) is 0 Å². The molecule has 3 rings (SSSR count). The van der Waals surface area contributed by atoms with Crippen molar-refractivity contribution >= 4 is 29.3 Å². The smallest absolute Gasteiger partial charge is 0.336 e. The molecule has 3 aromatic rings. The van der Waals surface area contributed by atoms with Gasteiger partial charge >= 0.3 is 5.97 Å². The van der Waals surface area contributed by atoms with Crippen LogP contribution in [0, 0.1) is 11.7 Å². The van der Waals surface area contributed by atoms with E-state index in [9.17, 15) is 19.5 Å². The quantitative estimate of drug-likeness (QED) is 0.258. The van der Waals surface area contributed by atoms with Crippen molar-refractivity contribution in [3.8, 4) is 17.1 Å². The van der Waals surface area contributed by atoms with Crippen molar-refractivity contribution in [1.29, 1.82) is 0 Å². The zero-order valence-electron chi connectivity index (χ0n) is 22.6. The van der Waals surface area contributed by atoms with Crippen molar-refractivity contribution in [2.75, 3.05) is 6.61 Å². The Morgan fingerprint density at radius 2 is 1.95 bits per heavy atom. The Hall–Kier alpha value is -3.66. The zero-order chi connectivity index (χ0) is 28.5. The van der Waals surface area contributed by atoms with Gasteiger partial charge in [-0.05, 0) is 48.9 Å². The zero-order valence-corrected chi connectivity index (χ0v) is 23.4. The lowest BCUT2D eigenvalue weighted by atomic mass is 9.98. The summed E-state index contributed by atoms with van der Waals surface area (Å²) in [6.07, 6.45) is 1.13. The summed E-state index contributed by atoms with van der Waals surface area (Å²) in [5.41, 5.74) is 3.41. The molecule has 2 N–H and O–H groups in total. The molecule has 0 fully saturated rings. The number of carboxylic acids is 1. The molecular weight excluding hydrogens is 521 g/mol. The molecule has 0 saturated heterocycles. The first-order chi connectivity index (χ1) is 18.7. The minimum absolute atomic E-state index is 0.0898. The molecule has 1 heterocycles. The van der Waals surface area contributed by atoms with Crippen LogP contribution in [0.4, 0.5) is 4.39 Å². The van der Waals surface area contributed by atoms with Gasteiger partial charge in [-0.25, -0.2) is 9.18 Å². The second kappa shape index (κ2) is 13.9. The van der Waals surface area contributed by atoms with Crippen LogP contribution in [-0.4, -0.2) is 44.0 Å². The summed E-state index contributed by atoms with van der Waals surface area (Å²) >= 11 is 0.956. The summed E-state index contributed by atoms with van der Waals surface area (Å²) in [6, 6.07) is 11.4. The maximum absolute atomic E-state index is 15.4. The highest BCUT2D eigenvalue weighted by Gasteiger charge is 2.23. The molecule has 0 bridgehead atoms. The number of carbonyl (C=O) groups is 3. The van der Waals surface area contributed by atoms with Crippen LogP contribution in [0.25, 0.3) is 11.1 Å². The second-order valence-corrected chi connectivity index (χ2v) is 10.4. The molecule has 0 spiro atoms. The predicted molar refractivity (Wildman–Crippen MR) is 150 cm³/mol. The number of carboxylic acid groups (broad SMARTS) is 1. The first-order valence-corrected chi connectivity index (χ1v) is 13.8. The number of amides is 1. The number of ether oxygens (including phenoxy) is 1. The fraction of sp³-hybridized carbons (Fsp3) is 0.379. The van der Waals surface area contributed by atoms with E-state index in [-0.39, 0.29) is 30.5 Å². The van der Waals surface area contributed by atoms with E-state index in [4.69, 9.17) is 4.74 Å². The molecule has 39 heavy (non-hydrogen) atoms. The van der Waals surface area contributed by atoms with E-state index in [0.717, 1.165) is 17.5 Å². The van der Waals surface area contributed by atoms with Gasteiger partial charge in [-0.3, -0.25) is 14.2 Å². The molecule has 0 unspecified atom stereocenters. The lowest BCUT2D eigenvalue weighted by molar-refractivity contribution is -0.121. The minimum atomic E-state index is -1.09. The number of hydrogen-bond donors (Lipinski definition) is 2. The van der Waals surface area contributed by atoms with E-state index < -0.39 is 17.0 Å². The maximum atomic E-state index is 15.4. The largest absolute Gasteiger partial charge is 0.478 e. The maximum Gasteiger partial charge on any atom is 0.336 e. The summed E-state index contributed by atoms with van der Waals surface area (Å²) in [4.78, 5) is 40.2. The Labute approximate surface area is 232 Å². The highest BCUT2D eigenvalue weighted by molar-refractivity contribution is 8.13. The molecule has 1 atom stereocenters. The Bertz CT molecular complexity index is 1320. The molecular formula is C29H34FN3O5S. The summed E-state index contributed by atoms with van der Waals surface area (Å²) in [7, 11) is 0. The van der Waals surface area contributed by atoms with Gasteiger partial charge in [-0.2, -0.15) is 4.98 Å². The van der Waals surface area contributed by atoms with E-state index in [2.05, 4.69) is 10.3 Å². The monoisotopic (exact) mass is 555 g/mol. The van der Waals surface area contributed by atoms with Crippen LogP contribution in [0.1, 0.15) is 61.4 Å². The molecule has 0 saturated carbocycles. The third-order valence-electron chi connectivity index (χ3n) is 6.21. The molecule has 2 aromatic carbocycles. The van der Waals surface area contributed by atoms with Gasteiger partial charge < -0.3 is 15.2 Å². The fourth-order valence-corrected chi connectivity index (χ4v) is 5.17. The number of aryl methyl sites for hydroxylation is 1. The molecule has 208 valence electrons. The number of nitrogens with zero attached hydrogens (tertiary/aromatic N) is 2. The van der Waals surface area contributed by atoms with Crippen molar-refractivity contribution < 1.29 is 28.6 Å². The highest BCUT2D eigenvalue weighted by atomic mass is 32.2. The van der Waals surface area contributed by atoms with Gasteiger partial charge in [0, 0.05) is 5.56 Å². The first kappa shape index (κ1) is 29.9. The average Bonchev–Trinajstić information content (AvgIpc) is 3.23. The summed E-state index contributed by atoms with van der Waals surface area (Å²) in [5, 5.41) is 11.9. The minimum Gasteiger partial charge on any atom is -0.478 e. The van der Waals surface area contributed by atoms with E-state index >= 15 is 4.39 Å². The van der Waals surface area contributed by atoms with Gasteiger partial charge in [0.25, 0.3) is 6.01 Å². The molecule has 8 nitrogen and oxygen atoms in total. The molecule has 0 aliphatic heterocycles. The van der Waals surface area contributed by atoms with Crippen molar-refractivity contribution in [2.45, 2.75) is 58.9 Å². The van der Waals surface area contributed by atoms with Crippen molar-refractivity contribution in [3.63, 3.8) is 0 Å². The van der Waals surface area contributed by atoms with Crippen molar-refractivity contribution in [3.05, 3.63) is 70.8 Å². The Morgan fingerprint density at radius 1 is 1.21 bits per heavy atom. The summed E-state index contributed by atoms with van der Waals surface area (Å²) in [5.74, 6) is -1.60. The Morgan fingerprint density at radius 3 is 2.56 bits per heavy atom. The molecule has 1 amide bonds. The third-order valence-corrected chi connectivity index (χ3v) is 7.05. The highest BCUT2D eigenvalue weighted by Crippen LogP contribution is 2.28. The van der Waals surface area contributed by atoms with Crippen LogP contribution in [0.5, 0.6) is 6.01 Å². The molecule has 0 aliphatic rings. The van der Waals surface area contributed by atoms with Crippen LogP contribution in [0.2, 0.25) is 0 Å². The van der Waals surface area contributed by atoms with Crippen molar-refractivity contribution in [1.82, 2.24) is 14.9 Å². The first-order valence-electron chi connectivity index (χ1n) is 12.9. The van der Waals surface area contributed by atoms with Gasteiger partial charge in [0.05, 0.1) is 41.9 Å². The molecule has 10 heteroatoms. The van der Waals surface area contributed by atoms with E-state index in [1.807, 2.05) is 27.7 Å². The van der Waals surface area contributed by atoms with Gasteiger partial charge in [0.1, 0.15) is 5.82 Å². The number of benzene rings is 2. The van der Waals surface area contributed by atoms with Crippen molar-refractivity contribution in [2.24, 2.45) is 5.92 Å². The molecule has 0 aliphatic carbocycles. The molecule has 0 radical (unpaired) electrons. The SMILES string of the molecule is CCOc1nc(CC)c(CNC(=O)[C@H](CC(C)C)SC=O)n1Cc1ccc(-c2ccccc2C(=O)O)cc1F. The van der Waals surface area contributed by atoms with Crippen LogP contribution < -0.4 is 10.1 Å². The van der Waals surface area contributed by atoms with Crippen LogP contribution in [-0.2, 0) is 29.1 Å². The van der Waals surface area contributed by atoms with Crippen LogP contribution in [0.15, 0.2) is 42.5 Å². The van der Waals surface area contributed by atoms with Crippen LogP contribution >= 0.6 is 11.8 Å². The summed E-state index contributed by atoms with van der Waals surface area (Å²) in [6.45, 7) is 8.34. The Kier molecular flexibility index (Phi) is 10.7. The number of halogens is 1. The van der Waals surface area contributed by atoms with Gasteiger partial charge in [-0.1, -0.05) is 62.9 Å². The lowest BCUT2D eigenvalue weighted by Gasteiger charge is -2.18. The van der Waals surface area contributed by atoms with Gasteiger partial charge in [0.15, 0.2) is 5.62 Å². The normalized spacial score (nSPS) is 11.8. The number of aromatic carboxylic acids is 1. The van der Waals surface area contributed by atoms with E-state index in [0.29, 0.717) is 53.5 Å². The number of carbonyl (C=O) groups excluding carboxylic acids is 2. The van der Waals surface area contributed by atoms with Gasteiger partial charge in [0.2, 0.25) is 5.91 Å². The number of imidazole rings is 1. The predicted octanol–water partition coefficient (Wildman–Crippen LogP) is 5.35. The standard InChI is InChI=1S/C29H34FN3O5S/c1-5-24-25(15-31-27(35)26(39-17-34)13-18(3)4)33(29(32-24)38-6-2)16-20-12-11-19(14-23(20)30)21-9-7-8-10-22(21)28(36)37/h7-12,14,17-18,26H,5-6,13,15-16H2,1-4H3,(H,31,35)(H,36,37)/t26-/m0/s1. The fourth-order valence-electron chi connectivity index (χ4n) is 4.33. The second-order valence-electron chi connectivity index (χ2n) is 9.39. The van der Waals surface area contributed by atoms with Gasteiger partial charge in [-0.15, -0.1) is 0 Å². The van der Waals surface area contributed by atoms with E-state index in [1.54, 1.807) is 34.9 Å². The average molecular weight is 556 g/mol. The molecule has 1 aromatic heterocycles. The lowest BCUT2D eigenvalue weighted by Crippen LogP contribution is -2.34. The number of hydrogen-bond acceptors (Lipinski definition) is 6. The number of rotatable bonds is 14.